The minimum atomic E-state index is -0.281. The molecule has 0 aliphatic heterocycles. The van der Waals surface area contributed by atoms with Gasteiger partial charge in [0.05, 0.1) is 12.7 Å². The van der Waals surface area contributed by atoms with E-state index in [1.807, 2.05) is 30.3 Å². The molecule has 0 amide bonds. The number of carbonyl (C=O) groups is 1. The third-order valence-corrected chi connectivity index (χ3v) is 3.93. The molecule has 0 atom stereocenters. The number of ether oxygens (including phenoxy) is 1. The Morgan fingerprint density at radius 1 is 0.947 bits per heavy atom. The number of hydrogen-bond acceptors (Lipinski definition) is 2. The van der Waals surface area contributed by atoms with Gasteiger partial charge in [0.25, 0.3) is 0 Å². The molecular weight excluding hydrogens is 236 g/mol. The van der Waals surface area contributed by atoms with Gasteiger partial charge in [0.15, 0.2) is 0 Å². The predicted octanol–water partition coefficient (Wildman–Crippen LogP) is 3.55. The molecule has 0 bridgehead atoms. The lowest BCUT2D eigenvalue weighted by Gasteiger charge is -2.16. The fourth-order valence-corrected chi connectivity index (χ4v) is 2.67. The van der Waals surface area contributed by atoms with Gasteiger partial charge < -0.3 is 4.74 Å². The van der Waals surface area contributed by atoms with Crippen molar-refractivity contribution in [1.82, 2.24) is 0 Å². The van der Waals surface area contributed by atoms with Gasteiger partial charge in [-0.1, -0.05) is 42.5 Å². The Morgan fingerprint density at radius 3 is 2.05 bits per heavy atom. The van der Waals surface area contributed by atoms with Crippen LogP contribution >= 0.6 is 0 Å². The first kappa shape index (κ1) is 12.0. The zero-order chi connectivity index (χ0) is 13.3. The fourth-order valence-electron chi connectivity index (χ4n) is 2.67. The molecule has 19 heavy (non-hydrogen) atoms. The van der Waals surface area contributed by atoms with Gasteiger partial charge in [-0.3, -0.25) is 0 Å². The second kappa shape index (κ2) is 4.54. The molecule has 0 aromatic heterocycles. The summed E-state index contributed by atoms with van der Waals surface area (Å²) in [6.45, 7) is 0. The molecule has 2 heteroatoms. The molecule has 0 saturated heterocycles. The summed E-state index contributed by atoms with van der Waals surface area (Å²) in [7, 11) is 1.41. The first-order valence-electron chi connectivity index (χ1n) is 6.51. The maximum atomic E-state index is 11.4. The van der Waals surface area contributed by atoms with Gasteiger partial charge in [-0.2, -0.15) is 0 Å². The van der Waals surface area contributed by atoms with Gasteiger partial charge >= 0.3 is 5.97 Å². The first-order chi connectivity index (χ1) is 9.26. The number of rotatable bonds is 3. The van der Waals surface area contributed by atoms with Crippen molar-refractivity contribution in [3.05, 3.63) is 71.3 Å². The summed E-state index contributed by atoms with van der Waals surface area (Å²) < 4.78 is 4.72. The number of hydrogen-bond donors (Lipinski definition) is 0. The van der Waals surface area contributed by atoms with E-state index in [0.717, 1.165) is 0 Å². The maximum Gasteiger partial charge on any atom is 0.337 e. The van der Waals surface area contributed by atoms with E-state index in [9.17, 15) is 4.79 Å². The Kier molecular flexibility index (Phi) is 2.86. The third kappa shape index (κ3) is 2.03. The quantitative estimate of drug-likeness (QED) is 0.781. The van der Waals surface area contributed by atoms with Gasteiger partial charge in [0, 0.05) is 5.41 Å². The van der Waals surface area contributed by atoms with E-state index in [1.54, 1.807) is 0 Å². The van der Waals surface area contributed by atoms with Crippen LogP contribution in [-0.4, -0.2) is 13.1 Å². The highest BCUT2D eigenvalue weighted by atomic mass is 16.5. The number of benzene rings is 2. The zero-order valence-corrected chi connectivity index (χ0v) is 10.9. The largest absolute Gasteiger partial charge is 0.465 e. The number of esters is 1. The SMILES string of the molecule is COC(=O)c1ccc(C2(c3ccccc3)CC2)cc1. The summed E-state index contributed by atoms with van der Waals surface area (Å²) in [5.74, 6) is -0.281. The summed E-state index contributed by atoms with van der Waals surface area (Å²) in [6.07, 6.45) is 2.35. The molecule has 0 N–H and O–H groups in total. The van der Waals surface area contributed by atoms with Crippen molar-refractivity contribution < 1.29 is 9.53 Å². The molecule has 3 rings (SSSR count). The van der Waals surface area contributed by atoms with E-state index in [0.29, 0.717) is 5.56 Å². The Morgan fingerprint density at radius 2 is 1.53 bits per heavy atom. The van der Waals surface area contributed by atoms with E-state index in [-0.39, 0.29) is 11.4 Å². The summed E-state index contributed by atoms with van der Waals surface area (Å²) >= 11 is 0. The second-order valence-corrected chi connectivity index (χ2v) is 5.02. The Hall–Kier alpha value is -2.09. The van der Waals surface area contributed by atoms with Crippen LogP contribution in [0.25, 0.3) is 0 Å². The lowest BCUT2D eigenvalue weighted by Crippen LogP contribution is -2.09. The molecule has 1 aliphatic rings. The monoisotopic (exact) mass is 252 g/mol. The van der Waals surface area contributed by atoms with Gasteiger partial charge in [0.2, 0.25) is 0 Å². The Labute approximate surface area is 113 Å². The third-order valence-electron chi connectivity index (χ3n) is 3.93. The van der Waals surface area contributed by atoms with Gasteiger partial charge in [-0.25, -0.2) is 4.79 Å². The van der Waals surface area contributed by atoms with E-state index in [4.69, 9.17) is 4.74 Å². The Balaban J connectivity index is 1.93. The van der Waals surface area contributed by atoms with Crippen molar-refractivity contribution in [1.29, 1.82) is 0 Å². The van der Waals surface area contributed by atoms with Crippen LogP contribution in [0, 0.1) is 0 Å². The van der Waals surface area contributed by atoms with Crippen molar-refractivity contribution in [2.45, 2.75) is 18.3 Å². The molecule has 96 valence electrons. The summed E-state index contributed by atoms with van der Waals surface area (Å²) in [4.78, 5) is 11.4. The smallest absolute Gasteiger partial charge is 0.337 e. The zero-order valence-electron chi connectivity index (χ0n) is 10.9. The molecule has 0 radical (unpaired) electrons. The van der Waals surface area contributed by atoms with E-state index in [2.05, 4.69) is 24.3 Å². The van der Waals surface area contributed by atoms with E-state index in [1.165, 1.54) is 31.1 Å². The average Bonchev–Trinajstić information content (AvgIpc) is 3.29. The van der Waals surface area contributed by atoms with Crippen LogP contribution in [0.1, 0.15) is 34.3 Å². The van der Waals surface area contributed by atoms with Crippen molar-refractivity contribution in [3.63, 3.8) is 0 Å². The van der Waals surface area contributed by atoms with Crippen LogP contribution < -0.4 is 0 Å². The molecule has 0 spiro atoms. The molecule has 0 heterocycles. The molecule has 0 unspecified atom stereocenters. The van der Waals surface area contributed by atoms with Gasteiger partial charge in [-0.15, -0.1) is 0 Å². The fraction of sp³-hybridized carbons (Fsp3) is 0.235. The molecular formula is C17H16O2. The van der Waals surface area contributed by atoms with Crippen LogP contribution in [0.15, 0.2) is 54.6 Å². The van der Waals surface area contributed by atoms with Crippen molar-refractivity contribution in [2.24, 2.45) is 0 Å². The summed E-state index contributed by atoms with van der Waals surface area (Å²) in [5, 5.41) is 0. The average molecular weight is 252 g/mol. The standard InChI is InChI=1S/C17H16O2/c1-19-16(18)13-7-9-15(10-8-13)17(11-12-17)14-5-3-2-4-6-14/h2-10H,11-12H2,1H3. The number of carbonyl (C=O) groups excluding carboxylic acids is 1. The van der Waals surface area contributed by atoms with Crippen LogP contribution in [0.2, 0.25) is 0 Å². The molecule has 1 fully saturated rings. The van der Waals surface area contributed by atoms with Crippen LogP contribution in [0.4, 0.5) is 0 Å². The highest BCUT2D eigenvalue weighted by molar-refractivity contribution is 5.89. The highest BCUT2D eigenvalue weighted by Gasteiger charge is 2.45. The number of methoxy groups -OCH3 is 1. The summed E-state index contributed by atoms with van der Waals surface area (Å²) in [5.41, 5.74) is 3.41. The molecule has 1 saturated carbocycles. The van der Waals surface area contributed by atoms with Crippen molar-refractivity contribution in [2.75, 3.05) is 7.11 Å². The van der Waals surface area contributed by atoms with Gasteiger partial charge in [0.1, 0.15) is 0 Å². The second-order valence-electron chi connectivity index (χ2n) is 5.02. The minimum absolute atomic E-state index is 0.163. The summed E-state index contributed by atoms with van der Waals surface area (Å²) in [6, 6.07) is 18.4. The first-order valence-corrected chi connectivity index (χ1v) is 6.51. The van der Waals surface area contributed by atoms with Crippen molar-refractivity contribution >= 4 is 5.97 Å². The van der Waals surface area contributed by atoms with Crippen molar-refractivity contribution in [3.8, 4) is 0 Å². The lowest BCUT2D eigenvalue weighted by atomic mass is 9.88. The molecule has 2 aromatic rings. The predicted molar refractivity (Wildman–Crippen MR) is 74.2 cm³/mol. The van der Waals surface area contributed by atoms with Gasteiger partial charge in [-0.05, 0) is 36.1 Å². The van der Waals surface area contributed by atoms with Crippen LogP contribution in [0.5, 0.6) is 0 Å². The topological polar surface area (TPSA) is 26.3 Å². The lowest BCUT2D eigenvalue weighted by molar-refractivity contribution is 0.0600. The van der Waals surface area contributed by atoms with Crippen LogP contribution in [0.3, 0.4) is 0 Å². The molecule has 2 aromatic carbocycles. The maximum absolute atomic E-state index is 11.4. The highest BCUT2D eigenvalue weighted by Crippen LogP contribution is 2.53. The van der Waals surface area contributed by atoms with Crippen LogP contribution in [-0.2, 0) is 10.2 Å². The Bertz CT molecular complexity index is 580. The molecule has 1 aliphatic carbocycles. The van der Waals surface area contributed by atoms with E-state index < -0.39 is 0 Å². The normalized spacial score (nSPS) is 15.8. The van der Waals surface area contributed by atoms with E-state index >= 15 is 0 Å². The molecule has 2 nitrogen and oxygen atoms in total. The minimum Gasteiger partial charge on any atom is -0.465 e.